The second-order valence-corrected chi connectivity index (χ2v) is 6.75. The van der Waals surface area contributed by atoms with Gasteiger partial charge in [-0.15, -0.1) is 5.10 Å². The van der Waals surface area contributed by atoms with Crippen LogP contribution in [0.5, 0.6) is 0 Å². The Bertz CT molecular complexity index is 1150. The van der Waals surface area contributed by atoms with E-state index in [9.17, 15) is 9.59 Å². The summed E-state index contributed by atoms with van der Waals surface area (Å²) in [6.07, 6.45) is 6.92. The van der Waals surface area contributed by atoms with Gasteiger partial charge in [0.2, 0.25) is 5.70 Å². The summed E-state index contributed by atoms with van der Waals surface area (Å²) < 4.78 is 1.62. The number of likely N-dealkylation sites (tertiary alicyclic amines) is 1. The predicted molar refractivity (Wildman–Crippen MR) is 110 cm³/mol. The summed E-state index contributed by atoms with van der Waals surface area (Å²) in [6, 6.07) is 7.04. The van der Waals surface area contributed by atoms with Crippen LogP contribution >= 0.6 is 0 Å². The van der Waals surface area contributed by atoms with Gasteiger partial charge in [0.25, 0.3) is 5.91 Å². The van der Waals surface area contributed by atoms with Gasteiger partial charge >= 0.3 is 5.91 Å². The lowest BCUT2D eigenvalue weighted by molar-refractivity contribution is -0.570. The zero-order valence-electron chi connectivity index (χ0n) is 16.4. The Morgan fingerprint density at radius 2 is 2.00 bits per heavy atom. The molecule has 152 valence electrons. The van der Waals surface area contributed by atoms with Crippen LogP contribution in [-0.2, 0) is 9.59 Å². The molecule has 0 atom stereocenters. The number of nitrogens with two attached hydrogens (primary N) is 1. The van der Waals surface area contributed by atoms with Gasteiger partial charge in [0.05, 0.1) is 7.05 Å². The molecule has 4 N–H and O–H groups in total. The molecule has 0 unspecified atom stereocenters. The number of fused-ring (bicyclic) bond motifs is 1. The fraction of sp³-hybridized carbons (Fsp3) is 0.200. The van der Waals surface area contributed by atoms with E-state index in [4.69, 9.17) is 5.41 Å². The third-order valence-electron chi connectivity index (χ3n) is 4.88. The Labute approximate surface area is 172 Å². The van der Waals surface area contributed by atoms with Crippen molar-refractivity contribution in [1.82, 2.24) is 24.5 Å². The molecule has 0 bridgehead atoms. The van der Waals surface area contributed by atoms with Gasteiger partial charge < -0.3 is 20.9 Å². The summed E-state index contributed by atoms with van der Waals surface area (Å²) >= 11 is 0. The number of nitrogens with zero attached hydrogens (tertiary/aromatic N) is 5. The maximum atomic E-state index is 12.8. The Morgan fingerprint density at radius 3 is 2.63 bits per heavy atom. The first-order valence-corrected chi connectivity index (χ1v) is 9.52. The summed E-state index contributed by atoms with van der Waals surface area (Å²) in [7, 11) is 1.67. The Kier molecular flexibility index (Phi) is 5.31. The van der Waals surface area contributed by atoms with Crippen molar-refractivity contribution < 1.29 is 14.9 Å². The largest absolute Gasteiger partial charge is 0.338 e. The van der Waals surface area contributed by atoms with Crippen LogP contribution in [0.1, 0.15) is 6.42 Å². The number of hydrogen-bond acceptors (Lipinski definition) is 6. The average molecular weight is 405 g/mol. The molecule has 0 spiro atoms. The fourth-order valence-corrected chi connectivity index (χ4v) is 3.13. The number of nitrogens with one attached hydrogen (secondary N) is 2. The smallest absolute Gasteiger partial charge is 0.310 e. The van der Waals surface area contributed by atoms with Gasteiger partial charge in [-0.2, -0.15) is 0 Å². The summed E-state index contributed by atoms with van der Waals surface area (Å²) in [5, 5.41) is 16.4. The zero-order valence-corrected chi connectivity index (χ0v) is 16.4. The van der Waals surface area contributed by atoms with Gasteiger partial charge in [0.15, 0.2) is 11.5 Å². The van der Waals surface area contributed by atoms with E-state index in [-0.39, 0.29) is 17.2 Å². The molecule has 0 radical (unpaired) electrons. The van der Waals surface area contributed by atoms with Crippen molar-refractivity contribution in [2.75, 3.05) is 25.5 Å². The lowest BCUT2D eigenvalue weighted by atomic mass is 10.1. The topological polar surface area (TPSA) is 133 Å². The van der Waals surface area contributed by atoms with Crippen molar-refractivity contribution in [3.05, 3.63) is 54.1 Å². The van der Waals surface area contributed by atoms with Gasteiger partial charge in [-0.3, -0.25) is 14.6 Å². The quantitative estimate of drug-likeness (QED) is 0.394. The maximum absolute atomic E-state index is 12.8. The number of pyridine rings is 2. The molecule has 10 nitrogen and oxygen atoms in total. The van der Waals surface area contributed by atoms with Crippen molar-refractivity contribution in [1.29, 1.82) is 5.41 Å². The molecular weight excluding hydrogens is 384 g/mol. The van der Waals surface area contributed by atoms with Crippen molar-refractivity contribution in [2.45, 2.75) is 6.42 Å². The summed E-state index contributed by atoms with van der Waals surface area (Å²) in [5.41, 5.74) is 2.17. The number of carbonyl (C=O) groups excluding carboxylic acids is 2. The molecule has 30 heavy (non-hydrogen) atoms. The van der Waals surface area contributed by atoms with Crippen LogP contribution in [0.2, 0.25) is 0 Å². The Hall–Kier alpha value is -3.92. The van der Waals surface area contributed by atoms with Gasteiger partial charge in [-0.1, -0.05) is 0 Å². The molecule has 4 rings (SSSR count). The third-order valence-corrected chi connectivity index (χ3v) is 4.88. The van der Waals surface area contributed by atoms with Crippen molar-refractivity contribution in [2.24, 2.45) is 0 Å². The minimum Gasteiger partial charge on any atom is -0.338 e. The molecule has 1 aliphatic heterocycles. The lowest BCUT2D eigenvalue weighted by Gasteiger charge is -2.31. The maximum Gasteiger partial charge on any atom is 0.310 e. The van der Waals surface area contributed by atoms with Crippen molar-refractivity contribution in [3.63, 3.8) is 0 Å². The molecule has 1 saturated heterocycles. The van der Waals surface area contributed by atoms with Crippen molar-refractivity contribution in [3.8, 4) is 11.4 Å². The molecule has 4 heterocycles. The number of quaternary nitrogens is 1. The van der Waals surface area contributed by atoms with Crippen molar-refractivity contribution >= 4 is 29.4 Å². The summed E-state index contributed by atoms with van der Waals surface area (Å²) in [6.45, 7) is 1.30. The van der Waals surface area contributed by atoms with Crippen LogP contribution in [0.15, 0.2) is 54.1 Å². The highest BCUT2D eigenvalue weighted by Gasteiger charge is 2.29. The molecule has 0 aliphatic carbocycles. The third kappa shape index (κ3) is 3.67. The highest BCUT2D eigenvalue weighted by atomic mass is 16.2. The van der Waals surface area contributed by atoms with Crippen LogP contribution in [0.4, 0.5) is 5.69 Å². The zero-order chi connectivity index (χ0) is 21.1. The Morgan fingerprint density at radius 1 is 1.23 bits per heavy atom. The molecule has 0 aromatic carbocycles. The minimum absolute atomic E-state index is 0.0817. The summed E-state index contributed by atoms with van der Waals surface area (Å²) in [4.78, 5) is 35.4. The lowest BCUT2D eigenvalue weighted by Crippen LogP contribution is -2.80. The fourth-order valence-electron chi connectivity index (χ4n) is 3.13. The van der Waals surface area contributed by atoms with Gasteiger partial charge in [0.1, 0.15) is 5.57 Å². The molecule has 3 aromatic heterocycles. The standard InChI is InChI=1S/C20H20N8O2/c1-22-17(15(12-21)20(30)27-8-2-9-27)19(29)24-14-5-10-28-16(11-14)25-18(26-28)13-3-6-23-7-4-13/h3-7,10-12,21-22H,2,8-9H2,1H3,(H,24,29)/p+1. The molecule has 1 aliphatic rings. The molecule has 10 heteroatoms. The van der Waals surface area contributed by atoms with E-state index in [0.717, 1.165) is 18.2 Å². The number of hydrogen-bond donors (Lipinski definition) is 3. The van der Waals surface area contributed by atoms with E-state index in [1.54, 1.807) is 52.5 Å². The first-order valence-electron chi connectivity index (χ1n) is 9.52. The second-order valence-electron chi connectivity index (χ2n) is 6.75. The number of rotatable bonds is 6. The molecular formula is C20H21N8O2+. The van der Waals surface area contributed by atoms with Gasteiger partial charge in [0, 0.05) is 55.2 Å². The highest BCUT2D eigenvalue weighted by molar-refractivity contribution is 6.18. The number of anilines is 1. The average Bonchev–Trinajstić information content (AvgIpc) is 3.14. The predicted octanol–water partition coefficient (Wildman–Crippen LogP) is 0.0590. The van der Waals surface area contributed by atoms with E-state index in [1.807, 2.05) is 12.1 Å². The first-order chi connectivity index (χ1) is 14.6. The second kappa shape index (κ2) is 8.21. The van der Waals surface area contributed by atoms with Gasteiger partial charge in [-0.25, -0.2) is 9.50 Å². The first kappa shape index (κ1) is 19.4. The van der Waals surface area contributed by atoms with E-state index in [0.29, 0.717) is 30.2 Å². The van der Waals surface area contributed by atoms with Crippen LogP contribution in [-0.4, -0.2) is 62.6 Å². The molecule has 1 fully saturated rings. The summed E-state index contributed by atoms with van der Waals surface area (Å²) in [5.74, 6) is -0.202. The van der Waals surface area contributed by atoms with Crippen LogP contribution in [0.25, 0.3) is 17.0 Å². The Balaban J connectivity index is 1.59. The van der Waals surface area contributed by atoms with Crippen LogP contribution in [0.3, 0.4) is 0 Å². The highest BCUT2D eigenvalue weighted by Crippen LogP contribution is 2.18. The number of carbonyl (C=O) groups is 2. The molecule has 0 saturated carbocycles. The SMILES string of the molecule is C[NH2+]C(C(=O)Nc1ccn2nc(-c3ccncc3)nc2c1)=C(C=N)C(=O)N1CCC1. The van der Waals surface area contributed by atoms with E-state index < -0.39 is 5.91 Å². The monoisotopic (exact) mass is 405 g/mol. The van der Waals surface area contributed by atoms with E-state index in [1.165, 1.54) is 0 Å². The number of amides is 2. The molecule has 2 amide bonds. The van der Waals surface area contributed by atoms with E-state index in [2.05, 4.69) is 20.4 Å². The van der Waals surface area contributed by atoms with E-state index >= 15 is 0 Å². The number of likely N-dealkylation sites (N-methyl/N-ethyl adjacent to an activating group) is 1. The van der Waals surface area contributed by atoms with Gasteiger partial charge in [-0.05, 0) is 24.6 Å². The van der Waals surface area contributed by atoms with Crippen LogP contribution in [0, 0.1) is 5.41 Å². The minimum atomic E-state index is -0.455. The normalized spacial score (nSPS) is 14.1. The number of aromatic nitrogens is 4. The molecule has 3 aromatic rings. The van der Waals surface area contributed by atoms with Crippen LogP contribution < -0.4 is 10.6 Å².